The standard InChI is InChI=1S/C32H33N3O4S/c1-6-34-28-10-8-7-9-26(28)27-19-24(13-15-29(27)34)33-32(36)20-35(25-14-12-22(3)23(4)18-25)40(37,38)31-17-21(2)11-16-30(31)39-5/h7-19H,6,20H2,1-5H3,(H,33,36). The summed E-state index contributed by atoms with van der Waals surface area (Å²) in [5, 5.41) is 5.05. The van der Waals surface area contributed by atoms with Crippen molar-refractivity contribution in [2.24, 2.45) is 0 Å². The molecule has 0 saturated heterocycles. The van der Waals surface area contributed by atoms with E-state index in [0.717, 1.165) is 49.3 Å². The number of carbonyl (C=O) groups excluding carboxylic acids is 1. The van der Waals surface area contributed by atoms with Gasteiger partial charge in [0.1, 0.15) is 17.2 Å². The van der Waals surface area contributed by atoms with E-state index in [1.54, 1.807) is 30.3 Å². The molecule has 1 aromatic heterocycles. The van der Waals surface area contributed by atoms with Crippen molar-refractivity contribution in [3.05, 3.63) is 95.6 Å². The Morgan fingerprint density at radius 1 is 0.875 bits per heavy atom. The summed E-state index contributed by atoms with van der Waals surface area (Å²) in [5.74, 6) is -0.232. The van der Waals surface area contributed by atoms with E-state index in [-0.39, 0.29) is 10.6 Å². The number of anilines is 2. The Kier molecular flexibility index (Phi) is 7.29. The Bertz CT molecular complexity index is 1860. The average molecular weight is 556 g/mol. The molecule has 1 amide bonds. The van der Waals surface area contributed by atoms with Crippen LogP contribution in [0.4, 0.5) is 11.4 Å². The van der Waals surface area contributed by atoms with E-state index >= 15 is 0 Å². The lowest BCUT2D eigenvalue weighted by molar-refractivity contribution is -0.114. The number of aromatic nitrogens is 1. The van der Waals surface area contributed by atoms with Crippen LogP contribution in [0.15, 0.2) is 83.8 Å². The van der Waals surface area contributed by atoms with Crippen molar-refractivity contribution in [1.82, 2.24) is 4.57 Å². The SMILES string of the molecule is CCn1c2ccccc2c2cc(NC(=O)CN(c3ccc(C)c(C)c3)S(=O)(=O)c3cc(C)ccc3OC)ccc21. The normalized spacial score (nSPS) is 11.6. The highest BCUT2D eigenvalue weighted by atomic mass is 32.2. The molecule has 206 valence electrons. The van der Waals surface area contributed by atoms with Crippen LogP contribution in [0.25, 0.3) is 21.8 Å². The third kappa shape index (κ3) is 4.91. The van der Waals surface area contributed by atoms with Crippen molar-refractivity contribution in [3.63, 3.8) is 0 Å². The third-order valence-corrected chi connectivity index (χ3v) is 9.12. The van der Waals surface area contributed by atoms with E-state index in [0.29, 0.717) is 11.4 Å². The highest BCUT2D eigenvalue weighted by Gasteiger charge is 2.30. The second-order valence-electron chi connectivity index (χ2n) is 9.98. The number of sulfonamides is 1. The van der Waals surface area contributed by atoms with Gasteiger partial charge in [-0.3, -0.25) is 9.10 Å². The lowest BCUT2D eigenvalue weighted by atomic mass is 10.1. The molecule has 0 aliphatic heterocycles. The number of nitrogens with one attached hydrogen (secondary N) is 1. The molecule has 0 bridgehead atoms. The van der Waals surface area contributed by atoms with E-state index in [2.05, 4.69) is 28.9 Å². The first-order valence-electron chi connectivity index (χ1n) is 13.2. The highest BCUT2D eigenvalue weighted by Crippen LogP contribution is 2.33. The van der Waals surface area contributed by atoms with Crippen LogP contribution in [-0.2, 0) is 21.4 Å². The number of methoxy groups -OCH3 is 1. The van der Waals surface area contributed by atoms with Gasteiger partial charge < -0.3 is 14.6 Å². The number of amides is 1. The molecule has 0 radical (unpaired) electrons. The fraction of sp³-hybridized carbons (Fsp3) is 0.219. The average Bonchev–Trinajstić information content (AvgIpc) is 3.26. The van der Waals surface area contributed by atoms with Crippen LogP contribution < -0.4 is 14.4 Å². The Balaban J connectivity index is 1.53. The van der Waals surface area contributed by atoms with Gasteiger partial charge in [0.15, 0.2) is 0 Å². The fourth-order valence-electron chi connectivity index (χ4n) is 5.10. The van der Waals surface area contributed by atoms with Crippen LogP contribution in [0.2, 0.25) is 0 Å². The lowest BCUT2D eigenvalue weighted by Gasteiger charge is -2.26. The summed E-state index contributed by atoms with van der Waals surface area (Å²) in [7, 11) is -2.72. The second kappa shape index (κ2) is 10.7. The smallest absolute Gasteiger partial charge is 0.268 e. The number of aryl methyl sites for hydroxylation is 4. The molecular formula is C32H33N3O4S. The van der Waals surface area contributed by atoms with Gasteiger partial charge in [0.25, 0.3) is 10.0 Å². The zero-order chi connectivity index (χ0) is 28.6. The molecule has 5 rings (SSSR count). The summed E-state index contributed by atoms with van der Waals surface area (Å²) in [5.41, 5.74) is 5.93. The Morgan fingerprint density at radius 3 is 2.35 bits per heavy atom. The predicted octanol–water partition coefficient (Wildman–Crippen LogP) is 6.58. The van der Waals surface area contributed by atoms with Crippen LogP contribution in [0.3, 0.4) is 0 Å². The molecule has 40 heavy (non-hydrogen) atoms. The van der Waals surface area contributed by atoms with Crippen molar-refractivity contribution in [1.29, 1.82) is 0 Å². The molecule has 5 aromatic rings. The molecule has 0 aliphatic rings. The van der Waals surface area contributed by atoms with Gasteiger partial charge >= 0.3 is 0 Å². The number of hydrogen-bond donors (Lipinski definition) is 1. The number of hydrogen-bond acceptors (Lipinski definition) is 4. The first-order chi connectivity index (χ1) is 19.1. The monoisotopic (exact) mass is 555 g/mol. The Hall–Kier alpha value is -4.30. The molecule has 0 atom stereocenters. The van der Waals surface area contributed by atoms with Gasteiger partial charge in [-0.15, -0.1) is 0 Å². The van der Waals surface area contributed by atoms with Crippen LogP contribution in [0.5, 0.6) is 5.75 Å². The minimum atomic E-state index is -4.16. The number of fused-ring (bicyclic) bond motifs is 3. The number of rotatable bonds is 8. The fourth-order valence-corrected chi connectivity index (χ4v) is 6.76. The quantitative estimate of drug-likeness (QED) is 0.234. The summed E-state index contributed by atoms with van der Waals surface area (Å²) < 4.78 is 36.9. The zero-order valence-corrected chi connectivity index (χ0v) is 24.2. The van der Waals surface area contributed by atoms with Gasteiger partial charge in [0.2, 0.25) is 5.91 Å². The van der Waals surface area contributed by atoms with Gasteiger partial charge in [-0.2, -0.15) is 0 Å². The van der Waals surface area contributed by atoms with E-state index in [1.165, 1.54) is 7.11 Å². The predicted molar refractivity (Wildman–Crippen MR) is 162 cm³/mol. The Morgan fingerprint density at radius 2 is 1.62 bits per heavy atom. The van der Waals surface area contributed by atoms with Crippen molar-refractivity contribution in [2.45, 2.75) is 39.1 Å². The van der Waals surface area contributed by atoms with Crippen LogP contribution in [-0.4, -0.2) is 32.5 Å². The molecule has 8 heteroatoms. The molecular weight excluding hydrogens is 522 g/mol. The van der Waals surface area contributed by atoms with Gasteiger partial charge in [-0.05, 0) is 92.9 Å². The molecule has 1 N–H and O–H groups in total. The molecule has 0 aliphatic carbocycles. The van der Waals surface area contributed by atoms with Gasteiger partial charge in [-0.1, -0.05) is 30.3 Å². The number of ether oxygens (including phenoxy) is 1. The van der Waals surface area contributed by atoms with Gasteiger partial charge in [-0.25, -0.2) is 8.42 Å². The summed E-state index contributed by atoms with van der Waals surface area (Å²) in [6, 6.07) is 24.3. The number of benzene rings is 4. The van der Waals surface area contributed by atoms with Gasteiger partial charge in [0.05, 0.1) is 12.8 Å². The van der Waals surface area contributed by atoms with Crippen LogP contribution >= 0.6 is 0 Å². The number of para-hydroxylation sites is 1. The van der Waals surface area contributed by atoms with Gasteiger partial charge in [0, 0.05) is 34.0 Å². The molecule has 0 fully saturated rings. The highest BCUT2D eigenvalue weighted by molar-refractivity contribution is 7.93. The summed E-state index contributed by atoms with van der Waals surface area (Å²) in [6.45, 7) is 8.21. The van der Waals surface area contributed by atoms with E-state index in [4.69, 9.17) is 4.74 Å². The second-order valence-corrected chi connectivity index (χ2v) is 11.8. The van der Waals surface area contributed by atoms with Crippen molar-refractivity contribution in [3.8, 4) is 5.75 Å². The Labute approximate surface area is 235 Å². The van der Waals surface area contributed by atoms with Crippen molar-refractivity contribution in [2.75, 3.05) is 23.3 Å². The third-order valence-electron chi connectivity index (χ3n) is 7.33. The summed E-state index contributed by atoms with van der Waals surface area (Å²) in [6.07, 6.45) is 0. The lowest BCUT2D eigenvalue weighted by Crippen LogP contribution is -2.38. The molecule has 0 spiro atoms. The largest absolute Gasteiger partial charge is 0.495 e. The number of nitrogens with zero attached hydrogens (tertiary/aromatic N) is 2. The van der Waals surface area contributed by atoms with E-state index < -0.39 is 22.5 Å². The zero-order valence-electron chi connectivity index (χ0n) is 23.4. The topological polar surface area (TPSA) is 80.6 Å². The number of carbonyl (C=O) groups is 1. The maximum atomic E-state index is 14.1. The van der Waals surface area contributed by atoms with Crippen molar-refractivity contribution >= 4 is 49.1 Å². The summed E-state index contributed by atoms with van der Waals surface area (Å²) >= 11 is 0. The maximum absolute atomic E-state index is 14.1. The van der Waals surface area contributed by atoms with Crippen molar-refractivity contribution < 1.29 is 17.9 Å². The molecule has 1 heterocycles. The molecule has 7 nitrogen and oxygen atoms in total. The van der Waals surface area contributed by atoms with Crippen LogP contribution in [0, 0.1) is 20.8 Å². The molecule has 0 saturated carbocycles. The minimum absolute atomic E-state index is 0.00910. The van der Waals surface area contributed by atoms with E-state index in [1.807, 2.05) is 57.2 Å². The first kappa shape index (κ1) is 27.3. The van der Waals surface area contributed by atoms with Crippen LogP contribution in [0.1, 0.15) is 23.6 Å². The molecule has 4 aromatic carbocycles. The molecule has 0 unspecified atom stereocenters. The maximum Gasteiger partial charge on any atom is 0.268 e. The minimum Gasteiger partial charge on any atom is -0.495 e. The summed E-state index contributed by atoms with van der Waals surface area (Å²) in [4.78, 5) is 13.5. The first-order valence-corrected chi connectivity index (χ1v) is 14.6. The van der Waals surface area contributed by atoms with E-state index in [9.17, 15) is 13.2 Å².